The number of aryl methyl sites for hydroxylation is 1. The van der Waals surface area contributed by atoms with Crippen molar-refractivity contribution in [2.24, 2.45) is 0 Å². The molecule has 5 aromatic rings. The third-order valence-electron chi connectivity index (χ3n) is 6.04. The second kappa shape index (κ2) is 12.6. The summed E-state index contributed by atoms with van der Waals surface area (Å²) in [7, 11) is 0. The van der Waals surface area contributed by atoms with Crippen LogP contribution in [0.2, 0.25) is 0 Å². The van der Waals surface area contributed by atoms with E-state index in [1.165, 1.54) is 72.8 Å². The van der Waals surface area contributed by atoms with Gasteiger partial charge in [0.15, 0.2) is 17.3 Å². The van der Waals surface area contributed by atoms with Gasteiger partial charge in [0.1, 0.15) is 17.5 Å². The summed E-state index contributed by atoms with van der Waals surface area (Å²) in [5, 5.41) is 0. The lowest BCUT2D eigenvalue weighted by molar-refractivity contribution is 0.102. The Morgan fingerprint density at radius 3 is 0.750 bits per heavy atom. The first-order chi connectivity index (χ1) is 19.2. The van der Waals surface area contributed by atoms with E-state index in [0.717, 1.165) is 5.56 Å². The SMILES string of the molecule is Cc1ccc(C(=O)c2ccc(C(=O)c3ccc(F)cc3)cc2)cc1.O=C(c1ccc(F)cc1)c1ccc(F)cc1. The fourth-order valence-electron chi connectivity index (χ4n) is 3.78. The highest BCUT2D eigenvalue weighted by molar-refractivity contribution is 6.11. The molecule has 6 heteroatoms. The van der Waals surface area contributed by atoms with Gasteiger partial charge in [-0.3, -0.25) is 14.4 Å². The Kier molecular flexibility index (Phi) is 8.82. The highest BCUT2D eigenvalue weighted by atomic mass is 19.1. The Morgan fingerprint density at radius 2 is 0.525 bits per heavy atom. The van der Waals surface area contributed by atoms with Crippen LogP contribution in [0.1, 0.15) is 53.3 Å². The zero-order valence-electron chi connectivity index (χ0n) is 21.4. The van der Waals surface area contributed by atoms with Crippen LogP contribution in [0.25, 0.3) is 0 Å². The van der Waals surface area contributed by atoms with E-state index in [1.807, 2.05) is 19.1 Å². The molecule has 0 spiro atoms. The topological polar surface area (TPSA) is 51.2 Å². The second-order valence-corrected chi connectivity index (χ2v) is 8.95. The van der Waals surface area contributed by atoms with Gasteiger partial charge < -0.3 is 0 Å². The van der Waals surface area contributed by atoms with Crippen molar-refractivity contribution < 1.29 is 27.6 Å². The highest BCUT2D eigenvalue weighted by Gasteiger charge is 2.13. The van der Waals surface area contributed by atoms with Gasteiger partial charge in [0, 0.05) is 33.4 Å². The van der Waals surface area contributed by atoms with E-state index in [0.29, 0.717) is 33.4 Å². The maximum absolute atomic E-state index is 12.9. The van der Waals surface area contributed by atoms with E-state index in [-0.39, 0.29) is 23.2 Å². The molecule has 3 nitrogen and oxygen atoms in total. The van der Waals surface area contributed by atoms with E-state index in [2.05, 4.69) is 0 Å². The Hall–Kier alpha value is -5.10. The van der Waals surface area contributed by atoms with Crippen LogP contribution >= 0.6 is 0 Å². The van der Waals surface area contributed by atoms with Crippen molar-refractivity contribution in [1.82, 2.24) is 0 Å². The number of benzene rings is 5. The third kappa shape index (κ3) is 7.05. The number of hydrogen-bond acceptors (Lipinski definition) is 3. The smallest absolute Gasteiger partial charge is 0.193 e. The summed E-state index contributed by atoms with van der Waals surface area (Å²) < 4.78 is 38.2. The first kappa shape index (κ1) is 27.9. The van der Waals surface area contributed by atoms with Crippen molar-refractivity contribution in [3.8, 4) is 0 Å². The van der Waals surface area contributed by atoms with Gasteiger partial charge in [-0.2, -0.15) is 0 Å². The van der Waals surface area contributed by atoms with Gasteiger partial charge in [-0.15, -0.1) is 0 Å². The molecule has 0 heterocycles. The molecule has 0 aliphatic carbocycles. The van der Waals surface area contributed by atoms with Crippen molar-refractivity contribution in [3.63, 3.8) is 0 Å². The van der Waals surface area contributed by atoms with E-state index >= 15 is 0 Å². The van der Waals surface area contributed by atoms with Crippen LogP contribution in [0, 0.1) is 24.4 Å². The summed E-state index contributed by atoms with van der Waals surface area (Å²) in [6, 6.07) is 29.8. The molecular weight excluding hydrogens is 513 g/mol. The van der Waals surface area contributed by atoms with Crippen LogP contribution in [0.15, 0.2) is 121 Å². The highest BCUT2D eigenvalue weighted by Crippen LogP contribution is 2.16. The van der Waals surface area contributed by atoms with Crippen LogP contribution in [-0.4, -0.2) is 17.3 Å². The number of halogens is 3. The predicted octanol–water partition coefficient (Wildman–Crippen LogP) is 7.79. The van der Waals surface area contributed by atoms with Crippen LogP contribution in [0.5, 0.6) is 0 Å². The lowest BCUT2D eigenvalue weighted by Crippen LogP contribution is -2.04. The summed E-state index contributed by atoms with van der Waals surface area (Å²) in [6.07, 6.45) is 0. The maximum Gasteiger partial charge on any atom is 0.193 e. The van der Waals surface area contributed by atoms with Gasteiger partial charge in [-0.05, 0) is 79.7 Å². The van der Waals surface area contributed by atoms with E-state index in [4.69, 9.17) is 0 Å². The van der Waals surface area contributed by atoms with Crippen LogP contribution < -0.4 is 0 Å². The van der Waals surface area contributed by atoms with Crippen molar-refractivity contribution in [2.45, 2.75) is 6.92 Å². The average molecular weight is 537 g/mol. The van der Waals surface area contributed by atoms with Gasteiger partial charge in [0.2, 0.25) is 0 Å². The molecule has 0 saturated heterocycles. The van der Waals surface area contributed by atoms with Crippen LogP contribution in [0.4, 0.5) is 13.2 Å². The molecule has 0 unspecified atom stereocenters. The Labute approximate surface area is 229 Å². The molecule has 5 aromatic carbocycles. The molecule has 198 valence electrons. The van der Waals surface area contributed by atoms with E-state index in [1.54, 1.807) is 36.4 Å². The Morgan fingerprint density at radius 1 is 0.350 bits per heavy atom. The normalized spacial score (nSPS) is 10.3. The zero-order chi connectivity index (χ0) is 28.6. The minimum atomic E-state index is -0.393. The molecule has 0 aliphatic rings. The quantitative estimate of drug-likeness (QED) is 0.208. The van der Waals surface area contributed by atoms with Gasteiger partial charge >= 0.3 is 0 Å². The molecule has 0 N–H and O–H groups in total. The molecule has 0 aromatic heterocycles. The maximum atomic E-state index is 12.9. The predicted molar refractivity (Wildman–Crippen MR) is 147 cm³/mol. The summed E-state index contributed by atoms with van der Waals surface area (Å²) in [4.78, 5) is 36.6. The number of hydrogen-bond donors (Lipinski definition) is 0. The van der Waals surface area contributed by atoms with Crippen molar-refractivity contribution in [3.05, 3.63) is 178 Å². The lowest BCUT2D eigenvalue weighted by Gasteiger charge is -2.04. The summed E-state index contributed by atoms with van der Waals surface area (Å²) in [6.45, 7) is 1.96. The van der Waals surface area contributed by atoms with E-state index in [9.17, 15) is 27.6 Å². The molecule has 0 radical (unpaired) electrons. The van der Waals surface area contributed by atoms with Gasteiger partial charge in [0.25, 0.3) is 0 Å². The van der Waals surface area contributed by atoms with Crippen molar-refractivity contribution in [2.75, 3.05) is 0 Å². The standard InChI is InChI=1S/C21H15FO2.C13H8F2O/c1-14-2-4-15(5-3-14)20(23)16-6-8-17(9-7-16)21(24)18-10-12-19(22)13-11-18;14-11-5-1-9(2-6-11)13(16)10-3-7-12(15)8-4-10/h2-13H,1H3;1-8H. The number of carbonyl (C=O) groups is 3. The van der Waals surface area contributed by atoms with Gasteiger partial charge in [0.05, 0.1) is 0 Å². The summed E-state index contributed by atoms with van der Waals surface area (Å²) in [5.41, 5.74) is 3.86. The fourth-order valence-corrected chi connectivity index (χ4v) is 3.78. The minimum absolute atomic E-state index is 0.0872. The summed E-state index contributed by atoms with van der Waals surface area (Å²) in [5.74, 6) is -1.71. The Balaban J connectivity index is 0.000000201. The minimum Gasteiger partial charge on any atom is -0.289 e. The summed E-state index contributed by atoms with van der Waals surface area (Å²) >= 11 is 0. The van der Waals surface area contributed by atoms with Crippen LogP contribution in [0.3, 0.4) is 0 Å². The second-order valence-electron chi connectivity index (χ2n) is 8.95. The molecular formula is C34H23F3O3. The molecule has 40 heavy (non-hydrogen) atoms. The zero-order valence-corrected chi connectivity index (χ0v) is 21.4. The van der Waals surface area contributed by atoms with Crippen molar-refractivity contribution in [1.29, 1.82) is 0 Å². The molecule has 0 saturated carbocycles. The number of carbonyl (C=O) groups excluding carboxylic acids is 3. The molecule has 0 atom stereocenters. The molecule has 0 aliphatic heterocycles. The largest absolute Gasteiger partial charge is 0.289 e. The van der Waals surface area contributed by atoms with Gasteiger partial charge in [-0.1, -0.05) is 54.1 Å². The van der Waals surface area contributed by atoms with Gasteiger partial charge in [-0.25, -0.2) is 13.2 Å². The van der Waals surface area contributed by atoms with Crippen LogP contribution in [-0.2, 0) is 0 Å². The molecule has 0 fully saturated rings. The monoisotopic (exact) mass is 536 g/mol. The molecule has 5 rings (SSSR count). The van der Waals surface area contributed by atoms with Crippen molar-refractivity contribution >= 4 is 17.3 Å². The fraction of sp³-hybridized carbons (Fsp3) is 0.0294. The molecule has 0 bridgehead atoms. The first-order valence-electron chi connectivity index (χ1n) is 12.3. The first-order valence-corrected chi connectivity index (χ1v) is 12.3. The molecule has 0 amide bonds. The Bertz CT molecular complexity index is 1500. The number of rotatable bonds is 6. The lowest BCUT2D eigenvalue weighted by atomic mass is 9.98. The third-order valence-corrected chi connectivity index (χ3v) is 6.04. The average Bonchev–Trinajstić information content (AvgIpc) is 2.98. The van der Waals surface area contributed by atoms with E-state index < -0.39 is 11.6 Å². The number of ketones is 3.